The number of esters is 1. The van der Waals surface area contributed by atoms with Gasteiger partial charge in [0.2, 0.25) is 0 Å². The number of hydrogen-bond acceptors (Lipinski definition) is 3. The van der Waals surface area contributed by atoms with Crippen LogP contribution in [-0.2, 0) is 16.1 Å². The van der Waals surface area contributed by atoms with Crippen molar-refractivity contribution in [3.63, 3.8) is 0 Å². The smallest absolute Gasteiger partial charge is 0.306 e. The lowest BCUT2D eigenvalue weighted by molar-refractivity contribution is -0.143. The molecule has 0 aliphatic heterocycles. The number of nitrogens with one attached hydrogen (secondary N) is 2. The molecule has 0 radical (unpaired) electrons. The lowest BCUT2D eigenvalue weighted by Gasteiger charge is -2.15. The van der Waals surface area contributed by atoms with Gasteiger partial charge in [-0.15, -0.1) is 0 Å². The first-order chi connectivity index (χ1) is 16.2. The maximum Gasteiger partial charge on any atom is 0.306 e. The summed E-state index contributed by atoms with van der Waals surface area (Å²) in [7, 11) is 0. The SMILES string of the molecule is CCOC(=O)CC(c1cc2ccccc2[nH]1)c1c[nH]c2cc(OCc3ccccc3)ccc12. The predicted molar refractivity (Wildman–Crippen MR) is 130 cm³/mol. The molecule has 5 aromatic rings. The maximum absolute atomic E-state index is 12.5. The average molecular weight is 439 g/mol. The summed E-state index contributed by atoms with van der Waals surface area (Å²) in [6.07, 6.45) is 2.25. The Morgan fingerprint density at radius 2 is 1.76 bits per heavy atom. The van der Waals surface area contributed by atoms with Gasteiger partial charge < -0.3 is 19.4 Å². The summed E-state index contributed by atoms with van der Waals surface area (Å²) in [4.78, 5) is 19.4. The third-order valence-electron chi connectivity index (χ3n) is 5.91. The zero-order valence-electron chi connectivity index (χ0n) is 18.5. The second kappa shape index (κ2) is 9.25. The Bertz CT molecular complexity index is 1350. The fraction of sp³-hybridized carbons (Fsp3) is 0.179. The zero-order valence-corrected chi connectivity index (χ0v) is 18.5. The van der Waals surface area contributed by atoms with Crippen molar-refractivity contribution in [2.75, 3.05) is 6.61 Å². The molecular weight excluding hydrogens is 412 g/mol. The number of aromatic amines is 2. The number of carbonyl (C=O) groups is 1. The number of fused-ring (bicyclic) bond motifs is 2. The Hall–Kier alpha value is -3.99. The number of ether oxygens (including phenoxy) is 2. The van der Waals surface area contributed by atoms with Crippen molar-refractivity contribution in [2.24, 2.45) is 0 Å². The van der Waals surface area contributed by atoms with E-state index >= 15 is 0 Å². The van der Waals surface area contributed by atoms with Gasteiger partial charge in [0.1, 0.15) is 12.4 Å². The van der Waals surface area contributed by atoms with Crippen LogP contribution in [-0.4, -0.2) is 22.5 Å². The molecule has 2 heterocycles. The molecule has 3 aromatic carbocycles. The van der Waals surface area contributed by atoms with Crippen LogP contribution in [0.5, 0.6) is 5.75 Å². The molecule has 0 saturated heterocycles. The Morgan fingerprint density at radius 1 is 0.939 bits per heavy atom. The van der Waals surface area contributed by atoms with Crippen LogP contribution >= 0.6 is 0 Å². The monoisotopic (exact) mass is 438 g/mol. The number of rotatable bonds is 8. The molecule has 166 valence electrons. The van der Waals surface area contributed by atoms with Crippen molar-refractivity contribution in [1.29, 1.82) is 0 Å². The van der Waals surface area contributed by atoms with E-state index in [-0.39, 0.29) is 18.3 Å². The van der Waals surface area contributed by atoms with Crippen LogP contribution in [0.1, 0.15) is 36.1 Å². The lowest BCUT2D eigenvalue weighted by Crippen LogP contribution is -2.11. The van der Waals surface area contributed by atoms with Crippen LogP contribution in [0, 0.1) is 0 Å². The molecule has 5 nitrogen and oxygen atoms in total. The van der Waals surface area contributed by atoms with Gasteiger partial charge in [0, 0.05) is 40.3 Å². The average Bonchev–Trinajstić information content (AvgIpc) is 3.46. The van der Waals surface area contributed by atoms with Crippen LogP contribution in [0.25, 0.3) is 21.8 Å². The van der Waals surface area contributed by atoms with Crippen molar-refractivity contribution < 1.29 is 14.3 Å². The van der Waals surface area contributed by atoms with Gasteiger partial charge in [0.05, 0.1) is 13.0 Å². The highest BCUT2D eigenvalue weighted by atomic mass is 16.5. The molecule has 5 rings (SSSR count). The van der Waals surface area contributed by atoms with E-state index in [2.05, 4.69) is 28.2 Å². The molecule has 0 aliphatic carbocycles. The summed E-state index contributed by atoms with van der Waals surface area (Å²) >= 11 is 0. The normalized spacial score (nSPS) is 12.2. The molecule has 0 bridgehead atoms. The highest BCUT2D eigenvalue weighted by molar-refractivity contribution is 5.87. The van der Waals surface area contributed by atoms with Gasteiger partial charge in [-0.05, 0) is 47.7 Å². The molecule has 0 aliphatic rings. The molecule has 1 atom stereocenters. The van der Waals surface area contributed by atoms with E-state index in [4.69, 9.17) is 9.47 Å². The van der Waals surface area contributed by atoms with E-state index in [0.717, 1.165) is 44.4 Å². The summed E-state index contributed by atoms with van der Waals surface area (Å²) in [6, 6.07) is 26.4. The number of H-pyrrole nitrogens is 2. The Balaban J connectivity index is 1.47. The molecule has 0 saturated carbocycles. The fourth-order valence-electron chi connectivity index (χ4n) is 4.30. The first-order valence-electron chi connectivity index (χ1n) is 11.2. The minimum atomic E-state index is -0.210. The third kappa shape index (κ3) is 4.48. The van der Waals surface area contributed by atoms with Crippen molar-refractivity contribution >= 4 is 27.8 Å². The molecule has 2 aromatic heterocycles. The van der Waals surface area contributed by atoms with E-state index < -0.39 is 0 Å². The van der Waals surface area contributed by atoms with Crippen LogP contribution < -0.4 is 4.74 Å². The predicted octanol–water partition coefficient (Wildman–Crippen LogP) is 6.31. The van der Waals surface area contributed by atoms with Gasteiger partial charge in [-0.3, -0.25) is 4.79 Å². The molecule has 0 amide bonds. The van der Waals surface area contributed by atoms with E-state index in [0.29, 0.717) is 13.2 Å². The van der Waals surface area contributed by atoms with Gasteiger partial charge in [-0.1, -0.05) is 48.5 Å². The minimum Gasteiger partial charge on any atom is -0.489 e. The van der Waals surface area contributed by atoms with Crippen molar-refractivity contribution in [3.05, 3.63) is 102 Å². The largest absolute Gasteiger partial charge is 0.489 e. The molecule has 0 spiro atoms. The second-order valence-electron chi connectivity index (χ2n) is 8.10. The molecular formula is C28H26N2O3. The van der Waals surface area contributed by atoms with Gasteiger partial charge in [0.15, 0.2) is 0 Å². The van der Waals surface area contributed by atoms with Gasteiger partial charge in [-0.2, -0.15) is 0 Å². The summed E-state index contributed by atoms with van der Waals surface area (Å²) in [5.41, 5.74) is 5.20. The Morgan fingerprint density at radius 3 is 2.58 bits per heavy atom. The topological polar surface area (TPSA) is 67.1 Å². The highest BCUT2D eigenvalue weighted by Crippen LogP contribution is 2.36. The van der Waals surface area contributed by atoms with Gasteiger partial charge in [0.25, 0.3) is 0 Å². The number of carbonyl (C=O) groups excluding carboxylic acids is 1. The van der Waals surface area contributed by atoms with Crippen molar-refractivity contribution in [3.8, 4) is 5.75 Å². The summed E-state index contributed by atoms with van der Waals surface area (Å²) in [5.74, 6) is 0.437. The maximum atomic E-state index is 12.5. The highest BCUT2D eigenvalue weighted by Gasteiger charge is 2.24. The molecule has 1 unspecified atom stereocenters. The lowest BCUT2D eigenvalue weighted by atomic mass is 9.92. The van der Waals surface area contributed by atoms with Crippen LogP contribution in [0.15, 0.2) is 85.1 Å². The van der Waals surface area contributed by atoms with Crippen LogP contribution in [0.3, 0.4) is 0 Å². The second-order valence-corrected chi connectivity index (χ2v) is 8.10. The summed E-state index contributed by atoms with van der Waals surface area (Å²) in [6.45, 7) is 2.72. The number of hydrogen-bond donors (Lipinski definition) is 2. The Kier molecular flexibility index (Phi) is 5.85. The first kappa shape index (κ1) is 20.9. The Labute approximate surface area is 192 Å². The number of para-hydroxylation sites is 1. The zero-order chi connectivity index (χ0) is 22.6. The van der Waals surface area contributed by atoms with E-state index in [1.54, 1.807) is 0 Å². The first-order valence-corrected chi connectivity index (χ1v) is 11.2. The van der Waals surface area contributed by atoms with Crippen LogP contribution in [0.2, 0.25) is 0 Å². The van der Waals surface area contributed by atoms with Crippen molar-refractivity contribution in [1.82, 2.24) is 9.97 Å². The number of aromatic nitrogens is 2. The molecule has 2 N–H and O–H groups in total. The quantitative estimate of drug-likeness (QED) is 0.279. The molecule has 5 heteroatoms. The fourth-order valence-corrected chi connectivity index (χ4v) is 4.30. The summed E-state index contributed by atoms with van der Waals surface area (Å²) < 4.78 is 11.3. The van der Waals surface area contributed by atoms with E-state index in [1.165, 1.54) is 0 Å². The molecule has 33 heavy (non-hydrogen) atoms. The summed E-state index contributed by atoms with van der Waals surface area (Å²) in [5, 5.41) is 2.19. The minimum absolute atomic E-state index is 0.152. The number of benzene rings is 3. The standard InChI is InChI=1S/C28H26N2O3/c1-2-32-28(31)16-23(27-14-20-10-6-7-11-25(20)30-27)24-17-29-26-15-21(12-13-22(24)26)33-18-19-8-4-3-5-9-19/h3-15,17,23,29-30H,2,16,18H2,1H3. The van der Waals surface area contributed by atoms with Crippen molar-refractivity contribution in [2.45, 2.75) is 25.9 Å². The van der Waals surface area contributed by atoms with Gasteiger partial charge >= 0.3 is 5.97 Å². The van der Waals surface area contributed by atoms with E-state index in [1.807, 2.05) is 73.8 Å². The van der Waals surface area contributed by atoms with Gasteiger partial charge in [-0.25, -0.2) is 0 Å². The van der Waals surface area contributed by atoms with E-state index in [9.17, 15) is 4.79 Å². The molecule has 0 fully saturated rings. The van der Waals surface area contributed by atoms with Crippen LogP contribution in [0.4, 0.5) is 0 Å². The third-order valence-corrected chi connectivity index (χ3v) is 5.91.